The van der Waals surface area contributed by atoms with Gasteiger partial charge in [0, 0.05) is 26.1 Å². The summed E-state index contributed by atoms with van der Waals surface area (Å²) in [5.74, 6) is 1.59. The molecule has 0 amide bonds. The van der Waals surface area contributed by atoms with Crippen molar-refractivity contribution in [3.05, 3.63) is 18.2 Å². The van der Waals surface area contributed by atoms with E-state index in [0.717, 1.165) is 5.82 Å². The molecule has 15 heavy (non-hydrogen) atoms. The molecule has 0 aliphatic rings. The lowest BCUT2D eigenvalue weighted by Gasteiger charge is -2.17. The second kappa shape index (κ2) is 5.19. The van der Waals surface area contributed by atoms with Crippen LogP contribution in [0.5, 0.6) is 5.88 Å². The molecule has 3 N–H and O–H groups in total. The molecule has 5 nitrogen and oxygen atoms in total. The van der Waals surface area contributed by atoms with Crippen molar-refractivity contribution in [1.29, 1.82) is 5.41 Å². The van der Waals surface area contributed by atoms with Crippen LogP contribution in [-0.4, -0.2) is 31.5 Å². The van der Waals surface area contributed by atoms with Crippen LogP contribution in [-0.2, 0) is 0 Å². The van der Waals surface area contributed by atoms with Gasteiger partial charge >= 0.3 is 0 Å². The van der Waals surface area contributed by atoms with Gasteiger partial charge in [-0.2, -0.15) is 4.98 Å². The summed E-state index contributed by atoms with van der Waals surface area (Å²) in [6.45, 7) is 0.676. The summed E-state index contributed by atoms with van der Waals surface area (Å²) < 4.78 is 5.03. The predicted molar refractivity (Wildman–Crippen MR) is 60.6 cm³/mol. The van der Waals surface area contributed by atoms with Gasteiger partial charge in [0.15, 0.2) is 0 Å². The average molecular weight is 208 g/mol. The molecular weight excluding hydrogens is 192 g/mol. The molecule has 0 radical (unpaired) electrons. The normalized spacial score (nSPS) is 9.73. The van der Waals surface area contributed by atoms with Gasteiger partial charge in [-0.15, -0.1) is 0 Å². The van der Waals surface area contributed by atoms with E-state index >= 15 is 0 Å². The summed E-state index contributed by atoms with van der Waals surface area (Å²) in [5.41, 5.74) is 5.29. The van der Waals surface area contributed by atoms with Crippen molar-refractivity contribution in [2.24, 2.45) is 5.73 Å². The first-order valence-electron chi connectivity index (χ1n) is 4.68. The number of hydrogen-bond acceptors (Lipinski definition) is 4. The van der Waals surface area contributed by atoms with Gasteiger partial charge in [0.1, 0.15) is 5.82 Å². The molecular formula is C10H16N4O. The molecule has 0 fully saturated rings. The highest BCUT2D eigenvalue weighted by atomic mass is 16.5. The Morgan fingerprint density at radius 2 is 2.33 bits per heavy atom. The van der Waals surface area contributed by atoms with Crippen LogP contribution in [0.25, 0.3) is 0 Å². The zero-order chi connectivity index (χ0) is 11.3. The minimum atomic E-state index is 0.185. The third-order valence-electron chi connectivity index (χ3n) is 2.03. The Morgan fingerprint density at radius 3 is 2.93 bits per heavy atom. The number of methoxy groups -OCH3 is 1. The van der Waals surface area contributed by atoms with E-state index in [2.05, 4.69) is 4.98 Å². The summed E-state index contributed by atoms with van der Waals surface area (Å²) in [7, 11) is 3.49. The Bertz CT molecular complexity index is 340. The molecule has 1 aromatic heterocycles. The zero-order valence-corrected chi connectivity index (χ0v) is 9.03. The van der Waals surface area contributed by atoms with E-state index in [1.54, 1.807) is 13.2 Å². The maximum atomic E-state index is 7.13. The topological polar surface area (TPSA) is 75.2 Å². The van der Waals surface area contributed by atoms with Gasteiger partial charge in [-0.1, -0.05) is 6.07 Å². The Kier molecular flexibility index (Phi) is 3.91. The Morgan fingerprint density at radius 1 is 1.60 bits per heavy atom. The number of amidine groups is 1. The van der Waals surface area contributed by atoms with Crippen LogP contribution >= 0.6 is 0 Å². The molecule has 0 spiro atoms. The molecule has 0 unspecified atom stereocenters. The van der Waals surface area contributed by atoms with Crippen LogP contribution in [0.1, 0.15) is 6.42 Å². The summed E-state index contributed by atoms with van der Waals surface area (Å²) in [4.78, 5) is 6.20. The van der Waals surface area contributed by atoms with Crippen LogP contribution in [0.3, 0.4) is 0 Å². The molecule has 1 rings (SSSR count). The highest BCUT2D eigenvalue weighted by Gasteiger charge is 2.03. The average Bonchev–Trinajstić information content (AvgIpc) is 2.26. The summed E-state index contributed by atoms with van der Waals surface area (Å²) >= 11 is 0. The van der Waals surface area contributed by atoms with Crippen molar-refractivity contribution in [3.8, 4) is 5.88 Å². The van der Waals surface area contributed by atoms with Gasteiger partial charge < -0.3 is 15.4 Å². The van der Waals surface area contributed by atoms with E-state index in [1.165, 1.54) is 0 Å². The number of ether oxygens (including phenoxy) is 1. The molecule has 0 aromatic carbocycles. The Hall–Kier alpha value is -1.78. The number of hydrogen-bond donors (Lipinski definition) is 2. The molecule has 0 saturated carbocycles. The van der Waals surface area contributed by atoms with Crippen LogP contribution in [0.4, 0.5) is 5.82 Å². The number of nitrogens with two attached hydrogens (primary N) is 1. The molecule has 0 atom stereocenters. The lowest BCUT2D eigenvalue weighted by Crippen LogP contribution is -2.24. The van der Waals surface area contributed by atoms with Crippen molar-refractivity contribution in [1.82, 2.24) is 4.98 Å². The fourth-order valence-corrected chi connectivity index (χ4v) is 1.13. The SMILES string of the molecule is COc1cccc(N(C)CCC(=N)N)n1. The zero-order valence-electron chi connectivity index (χ0n) is 9.03. The van der Waals surface area contributed by atoms with Gasteiger partial charge in [-0.3, -0.25) is 5.41 Å². The maximum absolute atomic E-state index is 7.13. The summed E-state index contributed by atoms with van der Waals surface area (Å²) in [6, 6.07) is 5.57. The first-order valence-corrected chi connectivity index (χ1v) is 4.68. The first-order chi connectivity index (χ1) is 7.13. The van der Waals surface area contributed by atoms with E-state index < -0.39 is 0 Å². The van der Waals surface area contributed by atoms with Gasteiger partial charge in [-0.25, -0.2) is 0 Å². The van der Waals surface area contributed by atoms with Gasteiger partial charge in [0.25, 0.3) is 0 Å². The monoisotopic (exact) mass is 208 g/mol. The number of anilines is 1. The van der Waals surface area contributed by atoms with Crippen molar-refractivity contribution in [2.75, 3.05) is 25.6 Å². The molecule has 1 heterocycles. The Balaban J connectivity index is 2.64. The molecule has 82 valence electrons. The van der Waals surface area contributed by atoms with Gasteiger partial charge in [0.05, 0.1) is 12.9 Å². The maximum Gasteiger partial charge on any atom is 0.214 e. The predicted octanol–water partition coefficient (Wildman–Crippen LogP) is 0.852. The molecule has 5 heteroatoms. The van der Waals surface area contributed by atoms with Gasteiger partial charge in [-0.05, 0) is 6.07 Å². The fraction of sp³-hybridized carbons (Fsp3) is 0.400. The van der Waals surface area contributed by atoms with Crippen molar-refractivity contribution in [2.45, 2.75) is 6.42 Å². The molecule has 1 aromatic rings. The van der Waals surface area contributed by atoms with Crippen LogP contribution in [0.15, 0.2) is 18.2 Å². The highest BCUT2D eigenvalue weighted by molar-refractivity contribution is 5.77. The molecule has 0 bridgehead atoms. The second-order valence-electron chi connectivity index (χ2n) is 3.23. The van der Waals surface area contributed by atoms with E-state index in [4.69, 9.17) is 15.9 Å². The van der Waals surface area contributed by atoms with Crippen LogP contribution in [0.2, 0.25) is 0 Å². The smallest absolute Gasteiger partial charge is 0.214 e. The Labute approximate surface area is 89.4 Å². The van der Waals surface area contributed by atoms with Crippen LogP contribution in [0, 0.1) is 5.41 Å². The minimum absolute atomic E-state index is 0.185. The van der Waals surface area contributed by atoms with Crippen molar-refractivity contribution >= 4 is 11.7 Å². The highest BCUT2D eigenvalue weighted by Crippen LogP contribution is 2.14. The van der Waals surface area contributed by atoms with Crippen molar-refractivity contribution in [3.63, 3.8) is 0 Å². The number of rotatable bonds is 5. The molecule has 0 aliphatic heterocycles. The summed E-state index contributed by atoms with van der Waals surface area (Å²) in [6.07, 6.45) is 0.537. The number of aromatic nitrogens is 1. The standard InChI is InChI=1S/C10H16N4O/c1-14(7-6-8(11)12)9-4-3-5-10(13-9)15-2/h3-5H,6-7H2,1-2H3,(H3,11,12). The lowest BCUT2D eigenvalue weighted by molar-refractivity contribution is 0.398. The lowest BCUT2D eigenvalue weighted by atomic mass is 10.3. The third-order valence-corrected chi connectivity index (χ3v) is 2.03. The molecule has 0 aliphatic carbocycles. The second-order valence-corrected chi connectivity index (χ2v) is 3.23. The van der Waals surface area contributed by atoms with E-state index in [1.807, 2.05) is 24.1 Å². The van der Waals surface area contributed by atoms with Crippen LogP contribution < -0.4 is 15.4 Å². The number of pyridine rings is 1. The van der Waals surface area contributed by atoms with Gasteiger partial charge in [0.2, 0.25) is 5.88 Å². The first kappa shape index (κ1) is 11.3. The van der Waals surface area contributed by atoms with E-state index in [0.29, 0.717) is 18.8 Å². The number of nitrogens with zero attached hydrogens (tertiary/aromatic N) is 2. The quantitative estimate of drug-likeness (QED) is 0.555. The number of nitrogens with one attached hydrogen (secondary N) is 1. The van der Waals surface area contributed by atoms with Crippen molar-refractivity contribution < 1.29 is 4.74 Å². The van der Waals surface area contributed by atoms with E-state index in [-0.39, 0.29) is 5.84 Å². The summed E-state index contributed by atoms with van der Waals surface area (Å²) in [5, 5.41) is 7.13. The van der Waals surface area contributed by atoms with E-state index in [9.17, 15) is 0 Å². The fourth-order valence-electron chi connectivity index (χ4n) is 1.13. The molecule has 0 saturated heterocycles. The minimum Gasteiger partial charge on any atom is -0.481 e. The largest absolute Gasteiger partial charge is 0.481 e. The third kappa shape index (κ3) is 3.46.